The van der Waals surface area contributed by atoms with Crippen molar-refractivity contribution >= 4 is 11.8 Å². The van der Waals surface area contributed by atoms with E-state index in [1.807, 2.05) is 11.8 Å². The van der Waals surface area contributed by atoms with Crippen LogP contribution in [0.1, 0.15) is 37.3 Å². The van der Waals surface area contributed by atoms with Crippen LogP contribution in [0.25, 0.3) is 11.1 Å². The van der Waals surface area contributed by atoms with Crippen LogP contribution < -0.4 is 0 Å². The van der Waals surface area contributed by atoms with Crippen LogP contribution >= 0.6 is 11.8 Å². The molecule has 0 saturated carbocycles. The standard InChI is InChI=1S/C22H27NS/c1-16-6-5-13-23(16)20-12-11-17-14-19(10-9-18(17)15-20)21-7-3-4-8-22(21)24-2/h3-4,7-10,14,16,20H,5-6,11-13,15H2,1-2H3. The van der Waals surface area contributed by atoms with Crippen molar-refractivity contribution in [1.82, 2.24) is 4.90 Å². The third-order valence-corrected chi connectivity index (χ3v) is 6.70. The summed E-state index contributed by atoms with van der Waals surface area (Å²) < 4.78 is 0. The zero-order valence-corrected chi connectivity index (χ0v) is 15.6. The SMILES string of the molecule is CSc1ccccc1-c1ccc2c(c1)CCC(N1CCCC1C)C2. The smallest absolute Gasteiger partial charge is 0.0148 e. The second-order valence-electron chi connectivity index (χ2n) is 7.31. The highest BCUT2D eigenvalue weighted by Crippen LogP contribution is 2.34. The van der Waals surface area contributed by atoms with Gasteiger partial charge in [0.15, 0.2) is 0 Å². The number of hydrogen-bond donors (Lipinski definition) is 0. The third-order valence-electron chi connectivity index (χ3n) is 5.90. The summed E-state index contributed by atoms with van der Waals surface area (Å²) >= 11 is 1.84. The first kappa shape index (κ1) is 16.2. The summed E-state index contributed by atoms with van der Waals surface area (Å²) in [6, 6.07) is 17.5. The van der Waals surface area contributed by atoms with Crippen LogP contribution in [0.4, 0.5) is 0 Å². The van der Waals surface area contributed by atoms with E-state index in [4.69, 9.17) is 0 Å². The number of benzene rings is 2. The van der Waals surface area contributed by atoms with Crippen molar-refractivity contribution in [1.29, 1.82) is 0 Å². The molecule has 0 bridgehead atoms. The molecule has 24 heavy (non-hydrogen) atoms. The Kier molecular flexibility index (Phi) is 4.69. The van der Waals surface area contributed by atoms with Crippen LogP contribution in [0.5, 0.6) is 0 Å². The molecule has 0 amide bonds. The minimum atomic E-state index is 0.763. The minimum absolute atomic E-state index is 0.763. The Bertz CT molecular complexity index is 724. The number of rotatable bonds is 3. The van der Waals surface area contributed by atoms with Crippen molar-refractivity contribution < 1.29 is 0 Å². The molecule has 2 aliphatic rings. The average molecular weight is 338 g/mol. The van der Waals surface area contributed by atoms with E-state index in [0.29, 0.717) is 0 Å². The highest BCUT2D eigenvalue weighted by atomic mass is 32.2. The van der Waals surface area contributed by atoms with E-state index >= 15 is 0 Å². The van der Waals surface area contributed by atoms with Crippen molar-refractivity contribution in [2.75, 3.05) is 12.8 Å². The average Bonchev–Trinajstić information content (AvgIpc) is 3.06. The molecular formula is C22H27NS. The molecule has 0 aromatic heterocycles. The predicted molar refractivity (Wildman–Crippen MR) is 105 cm³/mol. The van der Waals surface area contributed by atoms with Crippen LogP contribution in [-0.2, 0) is 12.8 Å². The van der Waals surface area contributed by atoms with Gasteiger partial charge in [0.25, 0.3) is 0 Å². The Labute approximate surface area is 150 Å². The van der Waals surface area contributed by atoms with Crippen molar-refractivity contribution in [2.24, 2.45) is 0 Å². The van der Waals surface area contributed by atoms with Crippen LogP contribution in [-0.4, -0.2) is 29.8 Å². The molecule has 126 valence electrons. The molecule has 0 radical (unpaired) electrons. The Morgan fingerprint density at radius 2 is 1.92 bits per heavy atom. The first-order valence-corrected chi connectivity index (χ1v) is 10.5. The lowest BCUT2D eigenvalue weighted by Crippen LogP contribution is -2.41. The fourth-order valence-corrected chi connectivity index (χ4v) is 5.19. The van der Waals surface area contributed by atoms with Gasteiger partial charge in [-0.15, -0.1) is 11.8 Å². The fraction of sp³-hybridized carbons (Fsp3) is 0.455. The largest absolute Gasteiger partial charge is 0.297 e. The summed E-state index contributed by atoms with van der Waals surface area (Å²) in [6.07, 6.45) is 8.73. The number of aryl methyl sites for hydroxylation is 1. The Morgan fingerprint density at radius 1 is 1.04 bits per heavy atom. The molecule has 1 nitrogen and oxygen atoms in total. The van der Waals surface area contributed by atoms with Gasteiger partial charge in [0, 0.05) is 17.0 Å². The number of nitrogens with zero attached hydrogens (tertiary/aromatic N) is 1. The van der Waals surface area contributed by atoms with Crippen LogP contribution in [0.15, 0.2) is 47.4 Å². The molecule has 1 fully saturated rings. The lowest BCUT2D eigenvalue weighted by molar-refractivity contribution is 0.174. The second kappa shape index (κ2) is 6.93. The normalized spacial score (nSPS) is 24.1. The van der Waals surface area contributed by atoms with E-state index in [1.54, 1.807) is 11.1 Å². The van der Waals surface area contributed by atoms with Crippen molar-refractivity contribution in [3.8, 4) is 11.1 Å². The highest BCUT2D eigenvalue weighted by molar-refractivity contribution is 7.98. The fourth-order valence-electron chi connectivity index (χ4n) is 4.57. The van der Waals surface area contributed by atoms with Gasteiger partial charge in [-0.3, -0.25) is 4.90 Å². The summed E-state index contributed by atoms with van der Waals surface area (Å²) in [5.41, 5.74) is 5.91. The number of fused-ring (bicyclic) bond motifs is 1. The lowest BCUT2D eigenvalue weighted by Gasteiger charge is -2.35. The maximum atomic E-state index is 2.76. The Hall–Kier alpha value is -1.25. The number of likely N-dealkylation sites (tertiary alicyclic amines) is 1. The Morgan fingerprint density at radius 3 is 2.71 bits per heavy atom. The molecular weight excluding hydrogens is 310 g/mol. The predicted octanol–water partition coefficient (Wildman–Crippen LogP) is 5.42. The Balaban J connectivity index is 1.59. The van der Waals surface area contributed by atoms with Gasteiger partial charge in [-0.2, -0.15) is 0 Å². The summed E-state index contributed by atoms with van der Waals surface area (Å²) in [5.74, 6) is 0. The maximum Gasteiger partial charge on any atom is 0.0148 e. The van der Waals surface area contributed by atoms with E-state index in [9.17, 15) is 0 Å². The quantitative estimate of drug-likeness (QED) is 0.688. The molecule has 2 aromatic rings. The van der Waals surface area contributed by atoms with E-state index in [0.717, 1.165) is 12.1 Å². The summed E-state index contributed by atoms with van der Waals surface area (Å²) in [6.45, 7) is 3.71. The van der Waals surface area contributed by atoms with Crippen molar-refractivity contribution in [3.63, 3.8) is 0 Å². The number of hydrogen-bond acceptors (Lipinski definition) is 2. The molecule has 1 aliphatic carbocycles. The van der Waals surface area contributed by atoms with Gasteiger partial charge in [0.2, 0.25) is 0 Å². The molecule has 2 unspecified atom stereocenters. The van der Waals surface area contributed by atoms with E-state index in [2.05, 4.69) is 60.5 Å². The third kappa shape index (κ3) is 3.02. The number of thioether (sulfide) groups is 1. The zero-order chi connectivity index (χ0) is 16.5. The summed E-state index contributed by atoms with van der Waals surface area (Å²) in [7, 11) is 0. The van der Waals surface area contributed by atoms with Crippen LogP contribution in [0, 0.1) is 0 Å². The molecule has 1 heterocycles. The molecule has 1 aliphatic heterocycles. The van der Waals surface area contributed by atoms with Crippen molar-refractivity contribution in [2.45, 2.75) is 56.0 Å². The van der Waals surface area contributed by atoms with Crippen LogP contribution in [0.3, 0.4) is 0 Å². The van der Waals surface area contributed by atoms with E-state index in [-0.39, 0.29) is 0 Å². The first-order chi connectivity index (χ1) is 11.8. The minimum Gasteiger partial charge on any atom is -0.297 e. The molecule has 2 aromatic carbocycles. The van der Waals surface area contributed by atoms with E-state index < -0.39 is 0 Å². The van der Waals surface area contributed by atoms with Gasteiger partial charge in [-0.25, -0.2) is 0 Å². The van der Waals surface area contributed by atoms with Gasteiger partial charge < -0.3 is 0 Å². The van der Waals surface area contributed by atoms with Gasteiger partial charge in [0.1, 0.15) is 0 Å². The first-order valence-electron chi connectivity index (χ1n) is 9.27. The molecule has 4 rings (SSSR count). The molecule has 0 N–H and O–H groups in total. The van der Waals surface area contributed by atoms with Crippen molar-refractivity contribution in [3.05, 3.63) is 53.6 Å². The van der Waals surface area contributed by atoms with Crippen LogP contribution in [0.2, 0.25) is 0 Å². The van der Waals surface area contributed by atoms with E-state index in [1.165, 1.54) is 54.7 Å². The maximum absolute atomic E-state index is 2.76. The molecule has 0 spiro atoms. The molecule has 1 saturated heterocycles. The van der Waals surface area contributed by atoms with Gasteiger partial charge in [0.05, 0.1) is 0 Å². The highest BCUT2D eigenvalue weighted by Gasteiger charge is 2.30. The van der Waals surface area contributed by atoms with Gasteiger partial charge >= 0.3 is 0 Å². The lowest BCUT2D eigenvalue weighted by atomic mass is 9.85. The zero-order valence-electron chi connectivity index (χ0n) is 14.8. The summed E-state index contributed by atoms with van der Waals surface area (Å²) in [5, 5.41) is 0. The van der Waals surface area contributed by atoms with Gasteiger partial charge in [-0.05, 0) is 80.1 Å². The monoisotopic (exact) mass is 337 g/mol. The van der Waals surface area contributed by atoms with Gasteiger partial charge in [-0.1, -0.05) is 36.4 Å². The molecule has 2 heteroatoms. The molecule has 2 atom stereocenters. The topological polar surface area (TPSA) is 3.24 Å². The summed E-state index contributed by atoms with van der Waals surface area (Å²) in [4.78, 5) is 4.14. The second-order valence-corrected chi connectivity index (χ2v) is 8.16.